The van der Waals surface area contributed by atoms with E-state index in [-0.39, 0.29) is 23.9 Å². The Bertz CT molecular complexity index is 1140. The Morgan fingerprint density at radius 2 is 1.76 bits per heavy atom. The van der Waals surface area contributed by atoms with Gasteiger partial charge in [0, 0.05) is 24.2 Å². The highest BCUT2D eigenvalue weighted by molar-refractivity contribution is 7.92. The number of rotatable bonds is 10. The molecule has 1 N–H and O–H groups in total. The van der Waals surface area contributed by atoms with Crippen molar-refractivity contribution in [2.24, 2.45) is 0 Å². The summed E-state index contributed by atoms with van der Waals surface area (Å²) in [5.74, 6) is -1.19. The van der Waals surface area contributed by atoms with Gasteiger partial charge in [0.05, 0.1) is 11.9 Å². The molecule has 0 spiro atoms. The van der Waals surface area contributed by atoms with Crippen LogP contribution in [0, 0.1) is 0 Å². The van der Waals surface area contributed by atoms with E-state index in [2.05, 4.69) is 5.32 Å². The fraction of sp³-hybridized carbons (Fsp3) is 0.348. The highest BCUT2D eigenvalue weighted by atomic mass is 35.5. The second-order valence-corrected chi connectivity index (χ2v) is 9.84. The predicted molar refractivity (Wildman–Crippen MR) is 129 cm³/mol. The smallest absolute Gasteiger partial charge is 0.244 e. The van der Waals surface area contributed by atoms with Crippen molar-refractivity contribution in [3.63, 3.8) is 0 Å². The van der Waals surface area contributed by atoms with Gasteiger partial charge < -0.3 is 10.2 Å². The van der Waals surface area contributed by atoms with E-state index in [0.29, 0.717) is 22.6 Å². The van der Waals surface area contributed by atoms with Gasteiger partial charge in [-0.25, -0.2) is 8.42 Å². The molecule has 0 saturated heterocycles. The largest absolute Gasteiger partial charge is 0.357 e. The minimum Gasteiger partial charge on any atom is -0.357 e. The maximum atomic E-state index is 13.5. The van der Waals surface area contributed by atoms with Gasteiger partial charge >= 0.3 is 0 Å². The number of ketones is 1. The molecular formula is C23H28ClN3O5S. The lowest BCUT2D eigenvalue weighted by Gasteiger charge is -2.32. The molecule has 8 nitrogen and oxygen atoms in total. The Labute approximate surface area is 199 Å². The van der Waals surface area contributed by atoms with E-state index in [1.165, 1.54) is 31.0 Å². The van der Waals surface area contributed by atoms with Gasteiger partial charge in [0.15, 0.2) is 5.78 Å². The fourth-order valence-corrected chi connectivity index (χ4v) is 4.43. The van der Waals surface area contributed by atoms with Crippen LogP contribution in [0.25, 0.3) is 0 Å². The number of hydrogen-bond donors (Lipinski definition) is 1. The van der Waals surface area contributed by atoms with E-state index in [9.17, 15) is 22.8 Å². The maximum absolute atomic E-state index is 13.5. The third-order valence-corrected chi connectivity index (χ3v) is 6.66. The van der Waals surface area contributed by atoms with Crippen molar-refractivity contribution in [2.75, 3.05) is 24.2 Å². The molecule has 0 fully saturated rings. The second-order valence-electron chi connectivity index (χ2n) is 7.53. The molecule has 33 heavy (non-hydrogen) atoms. The van der Waals surface area contributed by atoms with Gasteiger partial charge in [-0.2, -0.15) is 0 Å². The maximum Gasteiger partial charge on any atom is 0.244 e. The number of carbonyl (C=O) groups is 3. The third-order valence-electron chi connectivity index (χ3n) is 5.15. The second kappa shape index (κ2) is 11.3. The topological polar surface area (TPSA) is 104 Å². The van der Waals surface area contributed by atoms with Gasteiger partial charge in [0.25, 0.3) is 0 Å². The summed E-state index contributed by atoms with van der Waals surface area (Å²) in [6.07, 6.45) is 1.30. The van der Waals surface area contributed by atoms with Crippen molar-refractivity contribution >= 4 is 44.9 Å². The fourth-order valence-electron chi connectivity index (χ4n) is 3.39. The van der Waals surface area contributed by atoms with Crippen molar-refractivity contribution in [1.29, 1.82) is 0 Å². The van der Waals surface area contributed by atoms with Gasteiger partial charge in [-0.3, -0.25) is 18.7 Å². The molecule has 0 bridgehead atoms. The average molecular weight is 494 g/mol. The number of sulfonamides is 1. The zero-order valence-electron chi connectivity index (χ0n) is 19.0. The first kappa shape index (κ1) is 26.3. The van der Waals surface area contributed by atoms with Gasteiger partial charge in [-0.1, -0.05) is 48.9 Å². The number of hydrogen-bond acceptors (Lipinski definition) is 5. The number of nitrogens with one attached hydrogen (secondary N) is 1. The van der Waals surface area contributed by atoms with E-state index < -0.39 is 28.5 Å². The van der Waals surface area contributed by atoms with Gasteiger partial charge in [-0.05, 0) is 37.1 Å². The SMILES string of the molecule is CC[C@@H](C(=O)NC)N(Cc1ccccc1Cl)C(=O)CN(c1cccc(C(C)=O)c1)S(C)(=O)=O. The summed E-state index contributed by atoms with van der Waals surface area (Å²) < 4.78 is 26.1. The Kier molecular flexibility index (Phi) is 9.01. The van der Waals surface area contributed by atoms with E-state index >= 15 is 0 Å². The lowest BCUT2D eigenvalue weighted by Crippen LogP contribution is -2.51. The van der Waals surface area contributed by atoms with Crippen molar-refractivity contribution in [3.8, 4) is 0 Å². The first-order valence-electron chi connectivity index (χ1n) is 10.3. The molecule has 2 rings (SSSR count). The average Bonchev–Trinajstić information content (AvgIpc) is 2.77. The number of Topliss-reactive ketones (excluding diaryl/α,β-unsaturated/α-hetero) is 1. The molecule has 2 aromatic carbocycles. The first-order chi connectivity index (χ1) is 15.5. The minimum atomic E-state index is -3.88. The number of likely N-dealkylation sites (N-methyl/N-ethyl adjacent to an activating group) is 1. The highest BCUT2D eigenvalue weighted by Crippen LogP contribution is 2.23. The summed E-state index contributed by atoms with van der Waals surface area (Å²) in [4.78, 5) is 39.1. The molecule has 0 aromatic heterocycles. The molecular weight excluding hydrogens is 466 g/mol. The molecule has 2 aromatic rings. The Hall–Kier alpha value is -2.91. The number of carbonyl (C=O) groups excluding carboxylic acids is 3. The summed E-state index contributed by atoms with van der Waals surface area (Å²) >= 11 is 6.28. The van der Waals surface area contributed by atoms with Crippen LogP contribution in [-0.2, 0) is 26.2 Å². The number of halogens is 1. The van der Waals surface area contributed by atoms with Crippen molar-refractivity contribution in [3.05, 3.63) is 64.7 Å². The molecule has 178 valence electrons. The lowest BCUT2D eigenvalue weighted by molar-refractivity contribution is -0.140. The van der Waals surface area contributed by atoms with E-state index in [1.54, 1.807) is 43.3 Å². The zero-order chi connectivity index (χ0) is 24.8. The van der Waals surface area contributed by atoms with Crippen LogP contribution in [0.5, 0.6) is 0 Å². The van der Waals surface area contributed by atoms with Crippen LogP contribution in [0.1, 0.15) is 36.2 Å². The minimum absolute atomic E-state index is 0.0233. The Morgan fingerprint density at radius 3 is 2.30 bits per heavy atom. The molecule has 0 aliphatic heterocycles. The van der Waals surface area contributed by atoms with Crippen molar-refractivity contribution in [1.82, 2.24) is 10.2 Å². The number of benzene rings is 2. The molecule has 0 heterocycles. The van der Waals surface area contributed by atoms with E-state index in [1.807, 2.05) is 0 Å². The molecule has 10 heteroatoms. The van der Waals surface area contributed by atoms with Crippen LogP contribution in [-0.4, -0.2) is 56.8 Å². The summed E-state index contributed by atoms with van der Waals surface area (Å²) in [7, 11) is -2.41. The van der Waals surface area contributed by atoms with Gasteiger partial charge in [-0.15, -0.1) is 0 Å². The molecule has 0 aliphatic carbocycles. The van der Waals surface area contributed by atoms with Crippen LogP contribution >= 0.6 is 11.6 Å². The molecule has 0 saturated carbocycles. The monoisotopic (exact) mass is 493 g/mol. The first-order valence-corrected chi connectivity index (χ1v) is 12.5. The highest BCUT2D eigenvalue weighted by Gasteiger charge is 2.31. The number of nitrogens with zero attached hydrogens (tertiary/aromatic N) is 2. The molecule has 0 unspecified atom stereocenters. The van der Waals surface area contributed by atoms with Crippen LogP contribution < -0.4 is 9.62 Å². The quantitative estimate of drug-likeness (QED) is 0.512. The van der Waals surface area contributed by atoms with E-state index in [0.717, 1.165) is 10.6 Å². The molecule has 0 radical (unpaired) electrons. The Balaban J connectivity index is 2.48. The predicted octanol–water partition coefficient (Wildman–Crippen LogP) is 2.86. The summed E-state index contributed by atoms with van der Waals surface area (Å²) in [5.41, 5.74) is 1.13. The van der Waals surface area contributed by atoms with Crippen LogP contribution in [0.3, 0.4) is 0 Å². The third kappa shape index (κ3) is 6.79. The zero-order valence-corrected chi connectivity index (χ0v) is 20.6. The number of amides is 2. The van der Waals surface area contributed by atoms with Gasteiger partial charge in [0.1, 0.15) is 12.6 Å². The van der Waals surface area contributed by atoms with Crippen molar-refractivity contribution < 1.29 is 22.8 Å². The normalized spacial score (nSPS) is 12.0. The molecule has 0 aliphatic rings. The lowest BCUT2D eigenvalue weighted by atomic mass is 10.1. The standard InChI is InChI=1S/C23H28ClN3O5S/c1-5-21(23(30)25-3)26(14-18-9-6-7-12-20(18)24)22(29)15-27(33(4,31)32)19-11-8-10-17(13-19)16(2)28/h6-13,21H,5,14-15H2,1-4H3,(H,25,30)/t21-/m0/s1. The molecule has 1 atom stereocenters. The van der Waals surface area contributed by atoms with Crippen LogP contribution in [0.4, 0.5) is 5.69 Å². The Morgan fingerprint density at radius 1 is 1.09 bits per heavy atom. The summed E-state index contributed by atoms with van der Waals surface area (Å²) in [6, 6.07) is 12.2. The van der Waals surface area contributed by atoms with Crippen molar-refractivity contribution in [2.45, 2.75) is 32.9 Å². The van der Waals surface area contributed by atoms with E-state index in [4.69, 9.17) is 11.6 Å². The van der Waals surface area contributed by atoms with Crippen LogP contribution in [0.15, 0.2) is 48.5 Å². The summed E-state index contributed by atoms with van der Waals surface area (Å²) in [6.45, 7) is 2.61. The van der Waals surface area contributed by atoms with Gasteiger partial charge in [0.2, 0.25) is 21.8 Å². The van der Waals surface area contributed by atoms with Crippen LogP contribution in [0.2, 0.25) is 5.02 Å². The summed E-state index contributed by atoms with van der Waals surface area (Å²) in [5, 5.41) is 2.98. The number of anilines is 1. The molecule has 2 amide bonds.